The SMILES string of the molecule is CCOc1ccccc1C(CC)NC(=O)CC1CC2CCC(C1)N2.Cl. The van der Waals surface area contributed by atoms with E-state index in [4.69, 9.17) is 4.74 Å². The highest BCUT2D eigenvalue weighted by Gasteiger charge is 2.34. The second-order valence-corrected chi connectivity index (χ2v) is 7.18. The molecule has 25 heavy (non-hydrogen) atoms. The monoisotopic (exact) mass is 366 g/mol. The van der Waals surface area contributed by atoms with Gasteiger partial charge in [0.05, 0.1) is 12.6 Å². The van der Waals surface area contributed by atoms with Crippen molar-refractivity contribution in [2.45, 2.75) is 70.5 Å². The largest absolute Gasteiger partial charge is 0.494 e. The average Bonchev–Trinajstić information content (AvgIpc) is 2.92. The number of benzene rings is 1. The van der Waals surface area contributed by atoms with Gasteiger partial charge in [-0.3, -0.25) is 4.79 Å². The van der Waals surface area contributed by atoms with Crippen molar-refractivity contribution < 1.29 is 9.53 Å². The van der Waals surface area contributed by atoms with Crippen LogP contribution >= 0.6 is 12.4 Å². The van der Waals surface area contributed by atoms with E-state index in [0.29, 0.717) is 31.0 Å². The standard InChI is InChI=1S/C20H30N2O2.ClH/c1-3-18(17-7-5-6-8-19(17)24-4-2)22-20(23)13-14-11-15-9-10-16(12-14)21-15;/h5-8,14-16,18,21H,3-4,9-13H2,1-2H3,(H,22,23);1H. The fourth-order valence-electron chi connectivity index (χ4n) is 4.31. The van der Waals surface area contributed by atoms with Crippen LogP contribution in [0.25, 0.3) is 0 Å². The summed E-state index contributed by atoms with van der Waals surface area (Å²) in [6.07, 6.45) is 6.38. The number of ether oxygens (including phenoxy) is 1. The summed E-state index contributed by atoms with van der Waals surface area (Å²) < 4.78 is 5.73. The summed E-state index contributed by atoms with van der Waals surface area (Å²) in [5, 5.41) is 6.88. The molecule has 3 atom stereocenters. The normalized spacial score (nSPS) is 25.8. The van der Waals surface area contributed by atoms with Crippen LogP contribution in [0.15, 0.2) is 24.3 Å². The van der Waals surface area contributed by atoms with Crippen LogP contribution in [-0.2, 0) is 4.79 Å². The molecule has 2 aliphatic heterocycles. The van der Waals surface area contributed by atoms with Crippen LogP contribution in [0.5, 0.6) is 5.75 Å². The molecule has 0 saturated carbocycles. The van der Waals surface area contributed by atoms with Gasteiger partial charge in [0.1, 0.15) is 5.75 Å². The van der Waals surface area contributed by atoms with Crippen molar-refractivity contribution in [1.29, 1.82) is 0 Å². The fourth-order valence-corrected chi connectivity index (χ4v) is 4.31. The van der Waals surface area contributed by atoms with Gasteiger partial charge in [-0.1, -0.05) is 25.1 Å². The van der Waals surface area contributed by atoms with E-state index in [2.05, 4.69) is 23.6 Å². The Bertz CT molecular complexity index is 554. The summed E-state index contributed by atoms with van der Waals surface area (Å²) in [6.45, 7) is 4.74. The lowest BCUT2D eigenvalue weighted by Gasteiger charge is -2.29. The summed E-state index contributed by atoms with van der Waals surface area (Å²) in [4.78, 5) is 12.6. The Morgan fingerprint density at radius 3 is 2.56 bits per heavy atom. The van der Waals surface area contributed by atoms with Crippen LogP contribution in [-0.4, -0.2) is 24.6 Å². The van der Waals surface area contributed by atoms with E-state index in [1.54, 1.807) is 0 Å². The minimum absolute atomic E-state index is 0. The van der Waals surface area contributed by atoms with E-state index in [0.717, 1.165) is 30.6 Å². The Morgan fingerprint density at radius 2 is 1.92 bits per heavy atom. The molecule has 2 N–H and O–H groups in total. The molecule has 2 saturated heterocycles. The lowest BCUT2D eigenvalue weighted by atomic mass is 9.89. The second-order valence-electron chi connectivity index (χ2n) is 7.18. The summed E-state index contributed by atoms with van der Waals surface area (Å²) >= 11 is 0. The molecule has 2 heterocycles. The maximum absolute atomic E-state index is 12.6. The third kappa shape index (κ3) is 5.11. The van der Waals surface area contributed by atoms with Crippen molar-refractivity contribution in [2.24, 2.45) is 5.92 Å². The zero-order valence-electron chi connectivity index (χ0n) is 15.3. The van der Waals surface area contributed by atoms with Crippen molar-refractivity contribution in [3.05, 3.63) is 29.8 Å². The van der Waals surface area contributed by atoms with Gasteiger partial charge in [-0.15, -0.1) is 12.4 Å². The molecule has 0 aliphatic carbocycles. The number of para-hydroxylation sites is 1. The number of rotatable bonds is 7. The summed E-state index contributed by atoms with van der Waals surface area (Å²) in [6, 6.07) is 9.34. The third-order valence-corrected chi connectivity index (χ3v) is 5.38. The van der Waals surface area contributed by atoms with Gasteiger partial charge in [0.25, 0.3) is 0 Å². The van der Waals surface area contributed by atoms with Gasteiger partial charge in [0.15, 0.2) is 0 Å². The lowest BCUT2D eigenvalue weighted by molar-refractivity contribution is -0.123. The van der Waals surface area contributed by atoms with Crippen molar-refractivity contribution >= 4 is 18.3 Å². The van der Waals surface area contributed by atoms with Gasteiger partial charge in [-0.2, -0.15) is 0 Å². The third-order valence-electron chi connectivity index (χ3n) is 5.38. The predicted molar refractivity (Wildman–Crippen MR) is 103 cm³/mol. The second kappa shape index (κ2) is 9.44. The highest BCUT2D eigenvalue weighted by molar-refractivity contribution is 5.85. The van der Waals surface area contributed by atoms with Gasteiger partial charge in [0, 0.05) is 24.1 Å². The number of hydrogen-bond donors (Lipinski definition) is 2. The molecule has 3 unspecified atom stereocenters. The molecule has 4 nitrogen and oxygen atoms in total. The molecule has 2 aliphatic rings. The summed E-state index contributed by atoms with van der Waals surface area (Å²) in [5.74, 6) is 1.59. The van der Waals surface area contributed by atoms with Gasteiger partial charge in [-0.25, -0.2) is 0 Å². The molecular formula is C20H31ClN2O2. The number of fused-ring (bicyclic) bond motifs is 2. The maximum atomic E-state index is 12.6. The Kier molecular flexibility index (Phi) is 7.57. The van der Waals surface area contributed by atoms with Gasteiger partial charge in [0.2, 0.25) is 5.91 Å². The first-order valence-corrected chi connectivity index (χ1v) is 9.46. The quantitative estimate of drug-likeness (QED) is 0.767. The van der Waals surface area contributed by atoms with Gasteiger partial charge in [-0.05, 0) is 51.0 Å². The molecule has 0 radical (unpaired) electrons. The fraction of sp³-hybridized carbons (Fsp3) is 0.650. The Morgan fingerprint density at radius 1 is 1.24 bits per heavy atom. The minimum atomic E-state index is 0. The van der Waals surface area contributed by atoms with Crippen LogP contribution in [0.2, 0.25) is 0 Å². The molecule has 2 fully saturated rings. The number of carbonyl (C=O) groups is 1. The van der Waals surface area contributed by atoms with E-state index in [9.17, 15) is 4.79 Å². The molecule has 140 valence electrons. The van der Waals surface area contributed by atoms with E-state index in [1.807, 2.05) is 25.1 Å². The highest BCUT2D eigenvalue weighted by atomic mass is 35.5. The number of halogens is 1. The van der Waals surface area contributed by atoms with Crippen LogP contribution in [0.3, 0.4) is 0 Å². The molecule has 0 aromatic heterocycles. The Labute approximate surface area is 157 Å². The van der Waals surface area contributed by atoms with Crippen LogP contribution in [0.4, 0.5) is 0 Å². The number of carbonyl (C=O) groups excluding carboxylic acids is 1. The zero-order chi connectivity index (χ0) is 16.9. The van der Waals surface area contributed by atoms with Crippen molar-refractivity contribution in [3.63, 3.8) is 0 Å². The minimum Gasteiger partial charge on any atom is -0.494 e. The zero-order valence-corrected chi connectivity index (χ0v) is 16.1. The van der Waals surface area contributed by atoms with Crippen LogP contribution < -0.4 is 15.4 Å². The van der Waals surface area contributed by atoms with Gasteiger partial charge >= 0.3 is 0 Å². The molecule has 1 amide bonds. The smallest absolute Gasteiger partial charge is 0.220 e. The first-order valence-electron chi connectivity index (χ1n) is 9.46. The summed E-state index contributed by atoms with van der Waals surface area (Å²) in [5.41, 5.74) is 1.08. The Balaban J connectivity index is 0.00000225. The molecule has 1 aromatic rings. The maximum Gasteiger partial charge on any atom is 0.220 e. The van der Waals surface area contributed by atoms with E-state index < -0.39 is 0 Å². The molecule has 1 aromatic carbocycles. The number of amides is 1. The first kappa shape index (κ1) is 20.1. The number of hydrogen-bond acceptors (Lipinski definition) is 3. The lowest BCUT2D eigenvalue weighted by Crippen LogP contribution is -2.40. The van der Waals surface area contributed by atoms with E-state index in [-0.39, 0.29) is 24.4 Å². The topological polar surface area (TPSA) is 50.4 Å². The van der Waals surface area contributed by atoms with Crippen molar-refractivity contribution in [1.82, 2.24) is 10.6 Å². The average molecular weight is 367 g/mol. The number of nitrogens with one attached hydrogen (secondary N) is 2. The van der Waals surface area contributed by atoms with Crippen molar-refractivity contribution in [2.75, 3.05) is 6.61 Å². The molecule has 2 bridgehead atoms. The highest BCUT2D eigenvalue weighted by Crippen LogP contribution is 2.33. The van der Waals surface area contributed by atoms with E-state index in [1.165, 1.54) is 12.8 Å². The molecular weight excluding hydrogens is 336 g/mol. The summed E-state index contributed by atoms with van der Waals surface area (Å²) in [7, 11) is 0. The number of piperidine rings is 1. The molecule has 5 heteroatoms. The predicted octanol–water partition coefficient (Wildman–Crippen LogP) is 4.00. The van der Waals surface area contributed by atoms with Gasteiger partial charge < -0.3 is 15.4 Å². The van der Waals surface area contributed by atoms with Crippen molar-refractivity contribution in [3.8, 4) is 5.75 Å². The first-order chi connectivity index (χ1) is 11.7. The van der Waals surface area contributed by atoms with Crippen LogP contribution in [0.1, 0.15) is 64.0 Å². The Hall–Kier alpha value is -1.26. The molecule has 3 rings (SSSR count). The van der Waals surface area contributed by atoms with Crippen LogP contribution in [0, 0.1) is 5.92 Å². The van der Waals surface area contributed by atoms with E-state index >= 15 is 0 Å². The molecule has 0 spiro atoms.